The number of nitrogens with one attached hydrogen (secondary N) is 1. The van der Waals surface area contributed by atoms with Gasteiger partial charge in [-0.25, -0.2) is 4.68 Å². The Hall–Kier alpha value is -3.80. The minimum Gasteiger partial charge on any atom is -0.502 e. The zero-order chi connectivity index (χ0) is 19.0. The molecule has 2 N–H and O–H groups in total. The zero-order valence-corrected chi connectivity index (χ0v) is 14.5. The predicted molar refractivity (Wildman–Crippen MR) is 102 cm³/mol. The average Bonchev–Trinajstić information content (AvgIpc) is 3.03. The summed E-state index contributed by atoms with van der Waals surface area (Å²) >= 11 is 0. The van der Waals surface area contributed by atoms with Crippen molar-refractivity contribution in [3.05, 3.63) is 93.1 Å². The van der Waals surface area contributed by atoms with Crippen LogP contribution in [-0.2, 0) is 0 Å². The van der Waals surface area contributed by atoms with Crippen molar-refractivity contribution in [2.75, 3.05) is 0 Å². The summed E-state index contributed by atoms with van der Waals surface area (Å²) in [5.74, 6) is -0.428. The highest BCUT2D eigenvalue weighted by Crippen LogP contribution is 2.33. The number of hydrogen-bond donors (Lipinski definition) is 2. The van der Waals surface area contributed by atoms with E-state index in [4.69, 9.17) is 4.42 Å². The van der Waals surface area contributed by atoms with Gasteiger partial charge in [0.2, 0.25) is 11.2 Å². The van der Waals surface area contributed by atoms with Gasteiger partial charge in [0.15, 0.2) is 5.76 Å². The Kier molecular flexibility index (Phi) is 4.01. The minimum atomic E-state index is -0.598. The highest BCUT2D eigenvalue weighted by Gasteiger charge is 2.24. The molecule has 0 saturated carbocycles. The molecule has 0 aliphatic rings. The first kappa shape index (κ1) is 16.7. The molecule has 134 valence electrons. The summed E-state index contributed by atoms with van der Waals surface area (Å²) in [5, 5.41) is 13.4. The first-order valence-electron chi connectivity index (χ1n) is 8.36. The molecule has 4 aromatic rings. The number of aromatic nitrogens is 2. The van der Waals surface area contributed by atoms with E-state index < -0.39 is 16.7 Å². The number of aromatic amines is 1. The fourth-order valence-corrected chi connectivity index (χ4v) is 2.99. The van der Waals surface area contributed by atoms with E-state index in [0.29, 0.717) is 17.1 Å². The van der Waals surface area contributed by atoms with E-state index in [1.54, 1.807) is 19.1 Å². The number of nitrogens with zero attached hydrogens (tertiary/aromatic N) is 1. The second-order valence-corrected chi connectivity index (χ2v) is 6.10. The van der Waals surface area contributed by atoms with Crippen molar-refractivity contribution >= 4 is 0 Å². The molecule has 6 heteroatoms. The summed E-state index contributed by atoms with van der Waals surface area (Å²) in [7, 11) is 0. The Labute approximate surface area is 153 Å². The van der Waals surface area contributed by atoms with E-state index in [9.17, 15) is 14.7 Å². The monoisotopic (exact) mass is 360 g/mol. The molecule has 2 aromatic carbocycles. The molecule has 27 heavy (non-hydrogen) atoms. The first-order chi connectivity index (χ1) is 13.1. The Morgan fingerprint density at radius 3 is 2.26 bits per heavy atom. The number of rotatable bonds is 3. The molecule has 0 saturated heterocycles. The molecule has 0 unspecified atom stereocenters. The maximum absolute atomic E-state index is 13.2. The van der Waals surface area contributed by atoms with Crippen LogP contribution in [0, 0.1) is 6.92 Å². The number of hydrogen-bond acceptors (Lipinski definition) is 4. The summed E-state index contributed by atoms with van der Waals surface area (Å²) in [6.07, 6.45) is 0. The van der Waals surface area contributed by atoms with E-state index in [1.165, 1.54) is 10.7 Å². The maximum Gasteiger partial charge on any atom is 0.283 e. The summed E-state index contributed by atoms with van der Waals surface area (Å²) in [6.45, 7) is 1.59. The number of benzene rings is 2. The number of aryl methyl sites for hydroxylation is 1. The molecule has 0 radical (unpaired) electrons. The molecule has 0 aliphatic carbocycles. The molecule has 4 rings (SSSR count). The molecule has 2 heterocycles. The van der Waals surface area contributed by atoms with Crippen molar-refractivity contribution in [2.45, 2.75) is 6.92 Å². The molecular weight excluding hydrogens is 344 g/mol. The smallest absolute Gasteiger partial charge is 0.283 e. The first-order valence-corrected chi connectivity index (χ1v) is 8.36. The lowest BCUT2D eigenvalue weighted by molar-refractivity contribution is 0.430. The van der Waals surface area contributed by atoms with Crippen molar-refractivity contribution in [3.63, 3.8) is 0 Å². The molecule has 0 aliphatic heterocycles. The van der Waals surface area contributed by atoms with Crippen LogP contribution < -0.4 is 11.0 Å². The zero-order valence-electron chi connectivity index (χ0n) is 14.5. The Balaban J connectivity index is 2.08. The Morgan fingerprint density at radius 1 is 0.963 bits per heavy atom. The van der Waals surface area contributed by atoms with E-state index in [-0.39, 0.29) is 11.3 Å². The lowest BCUT2D eigenvalue weighted by atomic mass is 10.1. The van der Waals surface area contributed by atoms with Crippen LogP contribution in [-0.4, -0.2) is 14.9 Å². The lowest BCUT2D eigenvalue weighted by Crippen LogP contribution is -2.16. The molecule has 0 amide bonds. The quantitative estimate of drug-likeness (QED) is 0.586. The van der Waals surface area contributed by atoms with Gasteiger partial charge in [0.25, 0.3) is 5.56 Å². The number of para-hydroxylation sites is 1. The van der Waals surface area contributed by atoms with E-state index in [1.807, 2.05) is 48.5 Å². The minimum absolute atomic E-state index is 0.100. The Bertz CT molecular complexity index is 1220. The summed E-state index contributed by atoms with van der Waals surface area (Å²) in [4.78, 5) is 25.2. The van der Waals surface area contributed by atoms with E-state index >= 15 is 0 Å². The third-order valence-corrected chi connectivity index (χ3v) is 4.24. The number of H-pyrrole nitrogens is 1. The van der Waals surface area contributed by atoms with Gasteiger partial charge < -0.3 is 9.52 Å². The van der Waals surface area contributed by atoms with Crippen LogP contribution in [0.2, 0.25) is 0 Å². The van der Waals surface area contributed by atoms with Crippen molar-refractivity contribution < 1.29 is 9.52 Å². The van der Waals surface area contributed by atoms with Gasteiger partial charge in [0.05, 0.1) is 11.4 Å². The summed E-state index contributed by atoms with van der Waals surface area (Å²) < 4.78 is 6.94. The molecule has 0 spiro atoms. The second-order valence-electron chi connectivity index (χ2n) is 6.10. The number of aromatic hydroxyl groups is 1. The van der Waals surface area contributed by atoms with Crippen molar-refractivity contribution in [2.24, 2.45) is 0 Å². The fraction of sp³-hybridized carbons (Fsp3) is 0.0476. The third-order valence-electron chi connectivity index (χ3n) is 4.24. The summed E-state index contributed by atoms with van der Waals surface area (Å²) in [5.41, 5.74) is 0.879. The van der Waals surface area contributed by atoms with Crippen LogP contribution >= 0.6 is 0 Å². The molecule has 6 nitrogen and oxygen atoms in total. The van der Waals surface area contributed by atoms with Crippen molar-refractivity contribution in [1.29, 1.82) is 0 Å². The van der Waals surface area contributed by atoms with Crippen LogP contribution in [0.3, 0.4) is 0 Å². The predicted octanol–water partition coefficient (Wildman–Crippen LogP) is 3.47. The molecule has 0 bridgehead atoms. The van der Waals surface area contributed by atoms with Gasteiger partial charge in [-0.15, -0.1) is 0 Å². The SMILES string of the molecule is Cc1cc(=O)c(O)c(-c2c(-c3ccccc3)[nH]n(-c3ccccc3)c2=O)o1. The van der Waals surface area contributed by atoms with Crippen molar-refractivity contribution in [3.8, 4) is 34.0 Å². The lowest BCUT2D eigenvalue weighted by Gasteiger charge is -2.05. The highest BCUT2D eigenvalue weighted by atomic mass is 16.4. The third kappa shape index (κ3) is 2.87. The fourth-order valence-electron chi connectivity index (χ4n) is 2.99. The summed E-state index contributed by atoms with van der Waals surface area (Å²) in [6, 6.07) is 19.4. The van der Waals surface area contributed by atoms with Gasteiger partial charge in [-0.2, -0.15) is 0 Å². The largest absolute Gasteiger partial charge is 0.502 e. The van der Waals surface area contributed by atoms with Crippen LogP contribution in [0.4, 0.5) is 0 Å². The second kappa shape index (κ2) is 6.49. The van der Waals surface area contributed by atoms with Crippen LogP contribution in [0.15, 0.2) is 80.7 Å². The van der Waals surface area contributed by atoms with E-state index in [2.05, 4.69) is 5.10 Å². The average molecular weight is 360 g/mol. The standard InChI is InChI=1S/C21H16N2O4/c1-13-12-16(24)19(25)20(27-13)17-18(14-8-4-2-5-9-14)22-23(21(17)26)15-10-6-3-7-11-15/h2-12,22,25H,1H3. The van der Waals surface area contributed by atoms with Gasteiger partial charge in [0.1, 0.15) is 11.3 Å². The van der Waals surface area contributed by atoms with Crippen LogP contribution in [0.5, 0.6) is 5.75 Å². The van der Waals surface area contributed by atoms with Crippen molar-refractivity contribution in [1.82, 2.24) is 9.78 Å². The topological polar surface area (TPSA) is 88.2 Å². The van der Waals surface area contributed by atoms with E-state index in [0.717, 1.165) is 5.56 Å². The molecule has 2 aromatic heterocycles. The van der Waals surface area contributed by atoms with Gasteiger partial charge in [0, 0.05) is 11.6 Å². The van der Waals surface area contributed by atoms with Gasteiger partial charge in [-0.3, -0.25) is 14.7 Å². The van der Waals surface area contributed by atoms with Gasteiger partial charge in [-0.05, 0) is 19.1 Å². The molecule has 0 fully saturated rings. The molecular formula is C21H16N2O4. The molecule has 0 atom stereocenters. The van der Waals surface area contributed by atoms with Gasteiger partial charge in [-0.1, -0.05) is 48.5 Å². The van der Waals surface area contributed by atoms with Gasteiger partial charge >= 0.3 is 0 Å². The Morgan fingerprint density at radius 2 is 1.59 bits per heavy atom. The normalized spacial score (nSPS) is 10.9. The maximum atomic E-state index is 13.2. The van der Waals surface area contributed by atoms with Crippen LogP contribution in [0.25, 0.3) is 28.3 Å². The van der Waals surface area contributed by atoms with Crippen LogP contribution in [0.1, 0.15) is 5.76 Å². The highest BCUT2D eigenvalue weighted by molar-refractivity contribution is 5.80.